The van der Waals surface area contributed by atoms with Gasteiger partial charge in [0.2, 0.25) is 11.9 Å². The third kappa shape index (κ3) is 8.06. The standard InChI is InChI=1S/C39H37ClFN5O2/c1-27-8-5-6-9-29(27)17-22-35-34(24-42-39(44-35)46-23-7-12-36(46)30-15-18-31(40)19-16-30)38(48)45(25-28-13-20-32(41)21-14-28)26-37(47)43-33-10-3-2-4-11-33/h2-6,8-11,13-16,18-21,24,36H,7,12,17,22-23,25-26H2,1H3,(H,43,47). The fourth-order valence-electron chi connectivity index (χ4n) is 6.17. The number of carbonyl (C=O) groups excluding carboxylic acids is 2. The van der Waals surface area contributed by atoms with Gasteiger partial charge in [-0.3, -0.25) is 9.59 Å². The van der Waals surface area contributed by atoms with Crippen LogP contribution in [0.3, 0.4) is 0 Å². The highest BCUT2D eigenvalue weighted by Gasteiger charge is 2.30. The fourth-order valence-corrected chi connectivity index (χ4v) is 6.30. The number of halogens is 2. The van der Waals surface area contributed by atoms with Gasteiger partial charge in [0, 0.05) is 30.0 Å². The van der Waals surface area contributed by atoms with Crippen molar-refractivity contribution in [3.05, 3.63) is 154 Å². The normalized spacial score (nSPS) is 14.1. The maximum Gasteiger partial charge on any atom is 0.258 e. The Hall–Kier alpha value is -5.08. The lowest BCUT2D eigenvalue weighted by Gasteiger charge is -2.27. The predicted octanol–water partition coefficient (Wildman–Crippen LogP) is 7.99. The molecule has 244 valence electrons. The number of carbonyl (C=O) groups is 2. The van der Waals surface area contributed by atoms with E-state index < -0.39 is 0 Å². The highest BCUT2D eigenvalue weighted by molar-refractivity contribution is 6.30. The first kappa shape index (κ1) is 32.8. The van der Waals surface area contributed by atoms with E-state index >= 15 is 0 Å². The molecule has 2 amide bonds. The molecule has 1 aliphatic heterocycles. The van der Waals surface area contributed by atoms with Gasteiger partial charge in [0.15, 0.2) is 0 Å². The number of hydrogen-bond donors (Lipinski definition) is 1. The van der Waals surface area contributed by atoms with Crippen molar-refractivity contribution < 1.29 is 14.0 Å². The Labute approximate surface area is 285 Å². The molecule has 1 saturated heterocycles. The van der Waals surface area contributed by atoms with Gasteiger partial charge in [0.05, 0.1) is 17.3 Å². The lowest BCUT2D eigenvalue weighted by atomic mass is 10.0. The summed E-state index contributed by atoms with van der Waals surface area (Å²) in [5.74, 6) is -0.529. The first-order chi connectivity index (χ1) is 23.3. The van der Waals surface area contributed by atoms with Crippen molar-refractivity contribution in [1.82, 2.24) is 14.9 Å². The summed E-state index contributed by atoms with van der Waals surface area (Å²) in [6, 6.07) is 31.2. The van der Waals surface area contributed by atoms with Crippen LogP contribution in [0, 0.1) is 12.7 Å². The van der Waals surface area contributed by atoms with E-state index in [1.165, 1.54) is 22.6 Å². The van der Waals surface area contributed by atoms with E-state index in [0.29, 0.717) is 46.3 Å². The largest absolute Gasteiger partial charge is 0.334 e. The Morgan fingerprint density at radius 3 is 2.42 bits per heavy atom. The number of anilines is 2. The van der Waals surface area contributed by atoms with E-state index in [1.807, 2.05) is 54.6 Å². The molecule has 7 nitrogen and oxygen atoms in total. The lowest BCUT2D eigenvalue weighted by molar-refractivity contribution is -0.117. The Balaban J connectivity index is 1.33. The van der Waals surface area contributed by atoms with E-state index in [-0.39, 0.29) is 36.8 Å². The van der Waals surface area contributed by atoms with E-state index in [0.717, 1.165) is 30.5 Å². The summed E-state index contributed by atoms with van der Waals surface area (Å²) >= 11 is 6.18. The number of aromatic nitrogens is 2. The Kier molecular flexibility index (Phi) is 10.4. The second-order valence-electron chi connectivity index (χ2n) is 12.1. The van der Waals surface area contributed by atoms with Crippen LogP contribution >= 0.6 is 11.6 Å². The van der Waals surface area contributed by atoms with Crippen LogP contribution in [0.15, 0.2) is 109 Å². The number of rotatable bonds is 11. The Bertz CT molecular complexity index is 1870. The van der Waals surface area contributed by atoms with Gasteiger partial charge in [-0.05, 0) is 91.3 Å². The molecule has 5 aromatic rings. The van der Waals surface area contributed by atoms with Gasteiger partial charge in [-0.2, -0.15) is 0 Å². The van der Waals surface area contributed by atoms with Crippen molar-refractivity contribution in [2.45, 2.75) is 45.2 Å². The van der Waals surface area contributed by atoms with Gasteiger partial charge >= 0.3 is 0 Å². The van der Waals surface area contributed by atoms with Crippen LogP contribution in [-0.4, -0.2) is 39.8 Å². The van der Waals surface area contributed by atoms with Crippen LogP contribution in [0.25, 0.3) is 0 Å². The van der Waals surface area contributed by atoms with Gasteiger partial charge < -0.3 is 15.1 Å². The minimum atomic E-state index is -0.375. The lowest BCUT2D eigenvalue weighted by Crippen LogP contribution is -2.38. The highest BCUT2D eigenvalue weighted by Crippen LogP contribution is 2.35. The second kappa shape index (κ2) is 15.2. The third-order valence-corrected chi connectivity index (χ3v) is 8.96. The summed E-state index contributed by atoms with van der Waals surface area (Å²) in [5, 5.41) is 3.56. The average Bonchev–Trinajstić information content (AvgIpc) is 3.59. The number of amides is 2. The van der Waals surface area contributed by atoms with E-state index in [4.69, 9.17) is 21.6 Å². The summed E-state index contributed by atoms with van der Waals surface area (Å²) in [4.78, 5) is 41.1. The van der Waals surface area contributed by atoms with Crippen LogP contribution < -0.4 is 10.2 Å². The molecular weight excluding hydrogens is 625 g/mol. The number of nitrogens with one attached hydrogen (secondary N) is 1. The van der Waals surface area contributed by atoms with Gasteiger partial charge in [0.25, 0.3) is 5.91 Å². The van der Waals surface area contributed by atoms with Crippen LogP contribution in [0.5, 0.6) is 0 Å². The average molecular weight is 662 g/mol. The van der Waals surface area contributed by atoms with Gasteiger partial charge in [-0.25, -0.2) is 14.4 Å². The summed E-state index contributed by atoms with van der Waals surface area (Å²) < 4.78 is 13.8. The molecule has 1 aromatic heterocycles. The molecule has 0 saturated carbocycles. The minimum Gasteiger partial charge on any atom is -0.334 e. The molecule has 1 aliphatic rings. The SMILES string of the molecule is Cc1ccccc1CCc1nc(N2CCCC2c2ccc(Cl)cc2)ncc1C(=O)N(CC(=O)Nc1ccccc1)Cc1ccc(F)cc1. The zero-order valence-electron chi connectivity index (χ0n) is 26.8. The Morgan fingerprint density at radius 2 is 1.67 bits per heavy atom. The molecule has 6 rings (SSSR count). The molecule has 4 aromatic carbocycles. The zero-order chi connectivity index (χ0) is 33.5. The maximum absolute atomic E-state index is 14.4. The van der Waals surface area contributed by atoms with Crippen LogP contribution in [0.1, 0.15) is 57.2 Å². The first-order valence-corrected chi connectivity index (χ1v) is 16.5. The van der Waals surface area contributed by atoms with Crippen molar-refractivity contribution in [3.8, 4) is 0 Å². The molecule has 1 atom stereocenters. The predicted molar refractivity (Wildman–Crippen MR) is 188 cm³/mol. The molecule has 0 aliphatic carbocycles. The topological polar surface area (TPSA) is 78.4 Å². The van der Waals surface area contributed by atoms with Crippen LogP contribution in [-0.2, 0) is 24.2 Å². The molecule has 2 heterocycles. The molecule has 0 bridgehead atoms. The summed E-state index contributed by atoms with van der Waals surface area (Å²) in [6.45, 7) is 2.75. The molecule has 1 N–H and O–H groups in total. The number of para-hydroxylation sites is 1. The maximum atomic E-state index is 14.4. The first-order valence-electron chi connectivity index (χ1n) is 16.1. The molecule has 1 fully saturated rings. The van der Waals surface area contributed by atoms with Crippen molar-refractivity contribution >= 4 is 35.1 Å². The summed E-state index contributed by atoms with van der Waals surface area (Å²) in [7, 11) is 0. The van der Waals surface area contributed by atoms with Gasteiger partial charge in [-0.1, -0.05) is 78.3 Å². The molecule has 9 heteroatoms. The molecule has 48 heavy (non-hydrogen) atoms. The van der Waals surface area contributed by atoms with E-state index in [9.17, 15) is 14.0 Å². The van der Waals surface area contributed by atoms with Crippen molar-refractivity contribution in [1.29, 1.82) is 0 Å². The fraction of sp³-hybridized carbons (Fsp3) is 0.231. The van der Waals surface area contributed by atoms with E-state index in [2.05, 4.69) is 29.3 Å². The quantitative estimate of drug-likeness (QED) is 0.155. The molecule has 1 unspecified atom stereocenters. The number of benzene rings is 4. The number of hydrogen-bond acceptors (Lipinski definition) is 5. The molecular formula is C39H37ClFN5O2. The highest BCUT2D eigenvalue weighted by atomic mass is 35.5. The van der Waals surface area contributed by atoms with Gasteiger partial charge in [0.1, 0.15) is 12.4 Å². The Morgan fingerprint density at radius 1 is 0.938 bits per heavy atom. The van der Waals surface area contributed by atoms with Crippen molar-refractivity contribution in [2.75, 3.05) is 23.3 Å². The second-order valence-corrected chi connectivity index (χ2v) is 12.5. The molecule has 0 spiro atoms. The smallest absolute Gasteiger partial charge is 0.258 e. The third-order valence-electron chi connectivity index (χ3n) is 8.71. The molecule has 0 radical (unpaired) electrons. The minimum absolute atomic E-state index is 0.0877. The number of nitrogens with zero attached hydrogens (tertiary/aromatic N) is 4. The number of aryl methyl sites for hydroxylation is 3. The van der Waals surface area contributed by atoms with Gasteiger partial charge in [-0.15, -0.1) is 0 Å². The monoisotopic (exact) mass is 661 g/mol. The zero-order valence-corrected chi connectivity index (χ0v) is 27.5. The van der Waals surface area contributed by atoms with Crippen LogP contribution in [0.4, 0.5) is 16.0 Å². The van der Waals surface area contributed by atoms with E-state index in [1.54, 1.807) is 30.5 Å². The van der Waals surface area contributed by atoms with Crippen molar-refractivity contribution in [3.63, 3.8) is 0 Å². The van der Waals surface area contributed by atoms with Crippen LogP contribution in [0.2, 0.25) is 5.02 Å². The summed E-state index contributed by atoms with van der Waals surface area (Å²) in [5.41, 5.74) is 5.74. The van der Waals surface area contributed by atoms with Crippen molar-refractivity contribution in [2.24, 2.45) is 0 Å². The summed E-state index contributed by atoms with van der Waals surface area (Å²) in [6.07, 6.45) is 4.71.